The fourth-order valence-electron chi connectivity index (χ4n) is 22.7. The van der Waals surface area contributed by atoms with Crippen molar-refractivity contribution in [3.8, 4) is 0 Å². The van der Waals surface area contributed by atoms with Gasteiger partial charge in [0.2, 0.25) is 0 Å². The summed E-state index contributed by atoms with van der Waals surface area (Å²) >= 11 is 0. The van der Waals surface area contributed by atoms with Gasteiger partial charge in [-0.05, 0) is 329 Å². The molecule has 0 aromatic carbocycles. The Morgan fingerprint density at radius 3 is 0.763 bits per heavy atom. The highest BCUT2D eigenvalue weighted by atomic mass is 16.3. The quantitative estimate of drug-likeness (QED) is 0.242. The second kappa shape index (κ2) is 15.7. The number of fused-ring (bicyclic) bond motifs is 2. The SMILES string of the molecule is C1=CC2CCC1C2.C1C2CC3CC1CC(C2)C3.C1C2CC3CC1CC(C2)C3.C1C2CC3CC1CC3C2.CC12CC3CC(C1)CC(C)(C3)C2.OC12CC3CC(CC(C3)C1)C2. The molecule has 0 heterocycles. The average molecular weight is 805 g/mol. The molecule has 0 aromatic heterocycles. The number of rotatable bonds is 0. The normalized spacial score (nSPS) is 58.3. The van der Waals surface area contributed by atoms with Crippen molar-refractivity contribution in [1.29, 1.82) is 0 Å². The van der Waals surface area contributed by atoms with Gasteiger partial charge in [0.05, 0.1) is 5.60 Å². The minimum atomic E-state index is -0.200. The van der Waals surface area contributed by atoms with Crippen LogP contribution in [-0.4, -0.2) is 10.7 Å². The predicted molar refractivity (Wildman–Crippen MR) is 244 cm³/mol. The van der Waals surface area contributed by atoms with E-state index in [1.807, 2.05) is 0 Å². The van der Waals surface area contributed by atoms with E-state index >= 15 is 0 Å². The van der Waals surface area contributed by atoms with E-state index in [4.69, 9.17) is 0 Å². The van der Waals surface area contributed by atoms with Crippen LogP contribution in [0, 0.1) is 123 Å². The molecule has 22 aliphatic rings. The third-order valence-corrected chi connectivity index (χ3v) is 22.7. The fourth-order valence-corrected chi connectivity index (χ4v) is 22.7. The Morgan fingerprint density at radius 2 is 0.559 bits per heavy atom. The van der Waals surface area contributed by atoms with Crippen LogP contribution in [0.5, 0.6) is 0 Å². The summed E-state index contributed by atoms with van der Waals surface area (Å²) in [6.07, 6.45) is 53.5. The largest absolute Gasteiger partial charge is 0.390 e. The van der Waals surface area contributed by atoms with Crippen LogP contribution in [0.25, 0.3) is 0 Å². The zero-order valence-corrected chi connectivity index (χ0v) is 38.7. The second-order valence-corrected chi connectivity index (χ2v) is 28.6. The van der Waals surface area contributed by atoms with E-state index in [2.05, 4.69) is 26.0 Å². The highest BCUT2D eigenvalue weighted by Gasteiger charge is 2.54. The molecule has 0 saturated heterocycles. The van der Waals surface area contributed by atoms with Crippen LogP contribution in [0.1, 0.15) is 219 Å². The molecule has 22 aliphatic carbocycles. The molecule has 0 radical (unpaired) electrons. The van der Waals surface area contributed by atoms with Crippen molar-refractivity contribution < 1.29 is 5.11 Å². The third kappa shape index (κ3) is 8.79. The first-order chi connectivity index (χ1) is 28.5. The molecule has 2 atom stereocenters. The molecule has 0 spiro atoms. The fraction of sp³-hybridized carbons (Fsp3) is 0.966. The van der Waals surface area contributed by atoms with Crippen LogP contribution >= 0.6 is 0 Å². The van der Waals surface area contributed by atoms with Gasteiger partial charge in [-0.15, -0.1) is 0 Å². The van der Waals surface area contributed by atoms with Crippen molar-refractivity contribution in [2.75, 3.05) is 0 Å². The van der Waals surface area contributed by atoms with Crippen molar-refractivity contribution in [3.05, 3.63) is 12.2 Å². The van der Waals surface area contributed by atoms with Crippen LogP contribution in [0.15, 0.2) is 12.2 Å². The summed E-state index contributed by atoms with van der Waals surface area (Å²) in [5, 5.41) is 10.1. The number of hydrogen-bond donors (Lipinski definition) is 1. The maximum Gasteiger partial charge on any atom is 0.0655 e. The van der Waals surface area contributed by atoms with Gasteiger partial charge in [-0.2, -0.15) is 0 Å². The molecule has 330 valence electrons. The average Bonchev–Trinajstić information content (AvgIpc) is 3.91. The van der Waals surface area contributed by atoms with Crippen LogP contribution in [0.2, 0.25) is 0 Å². The summed E-state index contributed by atoms with van der Waals surface area (Å²) in [5.41, 5.74) is 1.33. The van der Waals surface area contributed by atoms with Gasteiger partial charge in [0.15, 0.2) is 0 Å². The number of allylic oxidation sites excluding steroid dienone is 2. The van der Waals surface area contributed by atoms with Gasteiger partial charge < -0.3 is 5.11 Å². The van der Waals surface area contributed by atoms with Crippen molar-refractivity contribution in [2.24, 2.45) is 123 Å². The van der Waals surface area contributed by atoms with Crippen LogP contribution in [0.4, 0.5) is 0 Å². The highest BCUT2D eigenvalue weighted by molar-refractivity contribution is 5.07. The highest BCUT2D eigenvalue weighted by Crippen LogP contribution is 2.65. The lowest BCUT2D eigenvalue weighted by atomic mass is 9.45. The predicted octanol–water partition coefficient (Wildman–Crippen LogP) is 15.6. The van der Waals surface area contributed by atoms with Crippen molar-refractivity contribution in [3.63, 3.8) is 0 Å². The van der Waals surface area contributed by atoms with E-state index in [1.165, 1.54) is 116 Å². The summed E-state index contributed by atoms with van der Waals surface area (Å²) in [6, 6.07) is 0. The van der Waals surface area contributed by atoms with Gasteiger partial charge >= 0.3 is 0 Å². The Morgan fingerprint density at radius 1 is 0.305 bits per heavy atom. The van der Waals surface area contributed by atoms with Crippen molar-refractivity contribution in [1.82, 2.24) is 0 Å². The van der Waals surface area contributed by atoms with Crippen molar-refractivity contribution in [2.45, 2.75) is 225 Å². The summed E-state index contributed by atoms with van der Waals surface area (Å²) in [5.74, 6) is 21.1. The van der Waals surface area contributed by atoms with Gasteiger partial charge in [-0.3, -0.25) is 0 Å². The minimum Gasteiger partial charge on any atom is -0.390 e. The second-order valence-electron chi connectivity index (χ2n) is 28.6. The van der Waals surface area contributed by atoms with Gasteiger partial charge in [0, 0.05) is 0 Å². The topological polar surface area (TPSA) is 20.2 Å². The molecule has 22 bridgehead atoms. The molecule has 1 nitrogen and oxygen atoms in total. The zero-order valence-electron chi connectivity index (χ0n) is 38.7. The van der Waals surface area contributed by atoms with E-state index < -0.39 is 0 Å². The maximum absolute atomic E-state index is 10.1. The number of hydrogen-bond acceptors (Lipinski definition) is 1. The summed E-state index contributed by atoms with van der Waals surface area (Å²) < 4.78 is 0. The Kier molecular flexibility index (Phi) is 10.7. The molecular formula is C58H92O. The lowest BCUT2D eigenvalue weighted by Gasteiger charge is -2.60. The lowest BCUT2D eigenvalue weighted by Crippen LogP contribution is -2.50. The Balaban J connectivity index is 0.0000000771. The first-order valence-corrected chi connectivity index (χ1v) is 27.9. The molecule has 22 rings (SSSR count). The molecule has 0 aromatic rings. The first-order valence-electron chi connectivity index (χ1n) is 27.9. The summed E-state index contributed by atoms with van der Waals surface area (Å²) in [6.45, 7) is 5.09. The van der Waals surface area contributed by atoms with Crippen LogP contribution in [-0.2, 0) is 0 Å². The first kappa shape index (κ1) is 40.2. The van der Waals surface area contributed by atoms with Gasteiger partial charge in [0.1, 0.15) is 0 Å². The summed E-state index contributed by atoms with van der Waals surface area (Å²) in [7, 11) is 0. The van der Waals surface area contributed by atoms with Gasteiger partial charge in [0.25, 0.3) is 0 Å². The van der Waals surface area contributed by atoms with E-state index in [0.717, 1.165) is 71.5 Å². The molecule has 59 heavy (non-hydrogen) atoms. The molecule has 21 fully saturated rings. The molecule has 0 aliphatic heterocycles. The smallest absolute Gasteiger partial charge is 0.0655 e. The van der Waals surface area contributed by atoms with Gasteiger partial charge in [-0.1, -0.05) is 26.0 Å². The molecule has 1 N–H and O–H groups in total. The Hall–Kier alpha value is -0.300. The lowest BCUT2D eigenvalue weighted by molar-refractivity contribution is -0.124. The van der Waals surface area contributed by atoms with E-state index in [1.54, 1.807) is 141 Å². The molecule has 0 amide bonds. The molecular weight excluding hydrogens is 713 g/mol. The monoisotopic (exact) mass is 805 g/mol. The van der Waals surface area contributed by atoms with Gasteiger partial charge in [-0.25, -0.2) is 0 Å². The standard InChI is InChI=1S/C12H20.C10H16O.2C10H16.C9H14.C7H10/c1-11-4-9-3-10(5-11)7-12(2,6-9)8-11;11-10-4-7-1-8(5-10)3-9(2-7)6-10;2*1-7-2-9-4-8(1)5-10(3-7)6-9;1-6-2-8-4-7(1)5-9(8)3-6;1-2-7-4-3-6(1)5-7/h9-10H,3-8H2,1-2H3;7-9,11H,1-6H2;2*7-10H,1-6H2;6-9H,1-5H2;1-2,6-7H,3-5H2. The number of aliphatic hydroxyl groups is 1. The van der Waals surface area contributed by atoms with Crippen LogP contribution in [0.3, 0.4) is 0 Å². The van der Waals surface area contributed by atoms with E-state index in [9.17, 15) is 5.11 Å². The maximum atomic E-state index is 10.1. The minimum absolute atomic E-state index is 0.200. The van der Waals surface area contributed by atoms with E-state index in [-0.39, 0.29) is 5.60 Å². The molecule has 21 saturated carbocycles. The van der Waals surface area contributed by atoms with E-state index in [0.29, 0.717) is 0 Å². The third-order valence-electron chi connectivity index (χ3n) is 22.7. The Labute approximate surface area is 364 Å². The molecule has 1 heteroatoms. The molecule has 2 unspecified atom stereocenters. The zero-order chi connectivity index (χ0) is 39.5. The van der Waals surface area contributed by atoms with Crippen molar-refractivity contribution >= 4 is 0 Å². The van der Waals surface area contributed by atoms with Crippen LogP contribution < -0.4 is 0 Å². The summed E-state index contributed by atoms with van der Waals surface area (Å²) in [4.78, 5) is 0. The Bertz CT molecular complexity index is 1250.